The van der Waals surface area contributed by atoms with Gasteiger partial charge in [0.1, 0.15) is 0 Å². The SMILES string of the molecule is O=C(CNC1CCCCC1C1CCCCC1)N1CCc2ccccc21. The summed E-state index contributed by atoms with van der Waals surface area (Å²) in [5, 5.41) is 3.69. The number of carbonyl (C=O) groups is 1. The van der Waals surface area contributed by atoms with Crippen LogP contribution in [0.5, 0.6) is 0 Å². The number of fused-ring (bicyclic) bond motifs is 1. The van der Waals surface area contributed by atoms with Crippen LogP contribution < -0.4 is 10.2 Å². The molecule has 3 aliphatic rings. The number of amides is 1. The number of para-hydroxylation sites is 1. The minimum Gasteiger partial charge on any atom is -0.311 e. The van der Waals surface area contributed by atoms with Gasteiger partial charge in [-0.1, -0.05) is 63.1 Å². The molecule has 2 fully saturated rings. The van der Waals surface area contributed by atoms with Crippen LogP contribution in [-0.2, 0) is 11.2 Å². The number of carbonyl (C=O) groups excluding carboxylic acids is 1. The Morgan fingerprint density at radius 1 is 1.00 bits per heavy atom. The lowest BCUT2D eigenvalue weighted by atomic mass is 9.71. The number of hydrogen-bond acceptors (Lipinski definition) is 2. The lowest BCUT2D eigenvalue weighted by molar-refractivity contribution is -0.118. The summed E-state index contributed by atoms with van der Waals surface area (Å²) in [7, 11) is 0. The zero-order chi connectivity index (χ0) is 17.1. The Kier molecular flexibility index (Phi) is 5.40. The fourth-order valence-corrected chi connectivity index (χ4v) is 5.45. The average Bonchev–Trinajstić information content (AvgIpc) is 3.11. The number of nitrogens with one attached hydrogen (secondary N) is 1. The molecule has 136 valence electrons. The van der Waals surface area contributed by atoms with Crippen LogP contribution in [0.3, 0.4) is 0 Å². The van der Waals surface area contributed by atoms with Crippen LogP contribution in [0.2, 0.25) is 0 Å². The van der Waals surface area contributed by atoms with Crippen LogP contribution in [0.15, 0.2) is 24.3 Å². The van der Waals surface area contributed by atoms with E-state index in [4.69, 9.17) is 0 Å². The van der Waals surface area contributed by atoms with Gasteiger partial charge < -0.3 is 10.2 Å². The van der Waals surface area contributed by atoms with E-state index in [1.807, 2.05) is 11.0 Å². The minimum atomic E-state index is 0.248. The molecule has 3 heteroatoms. The first kappa shape index (κ1) is 17.1. The van der Waals surface area contributed by atoms with Crippen LogP contribution >= 0.6 is 0 Å². The van der Waals surface area contributed by atoms with Crippen LogP contribution in [0.4, 0.5) is 5.69 Å². The summed E-state index contributed by atoms with van der Waals surface area (Å²) in [5.41, 5.74) is 2.44. The third-order valence-electron chi connectivity index (χ3n) is 6.78. The van der Waals surface area contributed by atoms with Crippen LogP contribution in [0.25, 0.3) is 0 Å². The van der Waals surface area contributed by atoms with Gasteiger partial charge in [-0.3, -0.25) is 4.79 Å². The molecule has 1 heterocycles. The van der Waals surface area contributed by atoms with Gasteiger partial charge in [-0.25, -0.2) is 0 Å². The molecular weight excluding hydrogens is 308 g/mol. The highest BCUT2D eigenvalue weighted by atomic mass is 16.2. The zero-order valence-corrected chi connectivity index (χ0v) is 15.4. The van der Waals surface area contributed by atoms with E-state index in [2.05, 4.69) is 23.5 Å². The quantitative estimate of drug-likeness (QED) is 0.886. The molecule has 1 aliphatic heterocycles. The third-order valence-corrected chi connectivity index (χ3v) is 6.78. The van der Waals surface area contributed by atoms with Crippen molar-refractivity contribution in [2.24, 2.45) is 11.8 Å². The first-order chi connectivity index (χ1) is 12.3. The predicted octanol–water partition coefficient (Wildman–Crippen LogP) is 4.30. The lowest BCUT2D eigenvalue weighted by Gasteiger charge is -2.39. The van der Waals surface area contributed by atoms with E-state index in [-0.39, 0.29) is 5.91 Å². The van der Waals surface area contributed by atoms with E-state index in [0.717, 1.165) is 30.5 Å². The standard InChI is InChI=1S/C22H32N2O/c25-22(24-15-14-18-10-4-7-13-21(18)24)16-23-20-12-6-5-11-19(20)17-8-2-1-3-9-17/h4,7,10,13,17,19-20,23H,1-3,5-6,8-9,11-12,14-16H2. The maximum absolute atomic E-state index is 12.8. The Labute approximate surface area is 152 Å². The van der Waals surface area contributed by atoms with E-state index in [1.165, 1.54) is 63.4 Å². The average molecular weight is 341 g/mol. The normalized spacial score (nSPS) is 27.3. The molecule has 3 nitrogen and oxygen atoms in total. The number of anilines is 1. The van der Waals surface area contributed by atoms with Crippen LogP contribution in [0, 0.1) is 11.8 Å². The molecule has 2 unspecified atom stereocenters. The van der Waals surface area contributed by atoms with E-state index in [0.29, 0.717) is 12.6 Å². The predicted molar refractivity (Wildman–Crippen MR) is 103 cm³/mol. The Morgan fingerprint density at radius 2 is 1.76 bits per heavy atom. The molecule has 0 radical (unpaired) electrons. The maximum Gasteiger partial charge on any atom is 0.240 e. The van der Waals surface area contributed by atoms with Crippen molar-refractivity contribution < 1.29 is 4.79 Å². The topological polar surface area (TPSA) is 32.3 Å². The molecule has 1 N–H and O–H groups in total. The number of hydrogen-bond donors (Lipinski definition) is 1. The molecule has 4 rings (SSSR count). The van der Waals surface area contributed by atoms with Gasteiger partial charge in [0.2, 0.25) is 5.91 Å². The summed E-state index contributed by atoms with van der Waals surface area (Å²) >= 11 is 0. The molecular formula is C22H32N2O. The summed E-state index contributed by atoms with van der Waals surface area (Å²) < 4.78 is 0. The van der Waals surface area contributed by atoms with Crippen molar-refractivity contribution in [2.45, 2.75) is 70.3 Å². The first-order valence-electron chi connectivity index (χ1n) is 10.4. The fraction of sp³-hybridized carbons (Fsp3) is 0.682. The second-order valence-corrected chi connectivity index (χ2v) is 8.26. The number of benzene rings is 1. The summed E-state index contributed by atoms with van der Waals surface area (Å²) in [5.74, 6) is 1.94. The highest BCUT2D eigenvalue weighted by Crippen LogP contribution is 2.38. The highest BCUT2D eigenvalue weighted by molar-refractivity contribution is 5.96. The van der Waals surface area contributed by atoms with E-state index >= 15 is 0 Å². The Morgan fingerprint density at radius 3 is 2.64 bits per heavy atom. The number of nitrogens with zero attached hydrogens (tertiary/aromatic N) is 1. The van der Waals surface area contributed by atoms with E-state index < -0.39 is 0 Å². The van der Waals surface area contributed by atoms with Crippen molar-refractivity contribution in [1.82, 2.24) is 5.32 Å². The van der Waals surface area contributed by atoms with Crippen LogP contribution in [0.1, 0.15) is 63.4 Å². The van der Waals surface area contributed by atoms with Gasteiger partial charge in [0.25, 0.3) is 0 Å². The Hall–Kier alpha value is -1.35. The Balaban J connectivity index is 1.35. The molecule has 0 spiro atoms. The summed E-state index contributed by atoms with van der Waals surface area (Å²) in [6.07, 6.45) is 13.4. The van der Waals surface area contributed by atoms with Gasteiger partial charge in [0, 0.05) is 18.3 Å². The molecule has 0 saturated heterocycles. The van der Waals surface area contributed by atoms with Crippen molar-refractivity contribution >= 4 is 11.6 Å². The summed E-state index contributed by atoms with van der Waals surface area (Å²) in [6, 6.07) is 8.90. The smallest absolute Gasteiger partial charge is 0.240 e. The van der Waals surface area contributed by atoms with Gasteiger partial charge in [0.15, 0.2) is 0 Å². The number of rotatable bonds is 4. The summed E-state index contributed by atoms with van der Waals surface area (Å²) in [6.45, 7) is 1.35. The molecule has 2 atom stereocenters. The van der Waals surface area contributed by atoms with Gasteiger partial charge in [-0.05, 0) is 42.7 Å². The van der Waals surface area contributed by atoms with Crippen molar-refractivity contribution in [2.75, 3.05) is 18.0 Å². The monoisotopic (exact) mass is 340 g/mol. The van der Waals surface area contributed by atoms with Gasteiger partial charge in [-0.2, -0.15) is 0 Å². The zero-order valence-electron chi connectivity index (χ0n) is 15.4. The largest absolute Gasteiger partial charge is 0.311 e. The highest BCUT2D eigenvalue weighted by Gasteiger charge is 2.33. The fourth-order valence-electron chi connectivity index (χ4n) is 5.45. The second kappa shape index (κ2) is 7.90. The molecule has 2 saturated carbocycles. The maximum atomic E-state index is 12.8. The molecule has 2 aliphatic carbocycles. The molecule has 25 heavy (non-hydrogen) atoms. The molecule has 0 aromatic heterocycles. The minimum absolute atomic E-state index is 0.248. The Bertz CT molecular complexity index is 593. The molecule has 1 aromatic rings. The van der Waals surface area contributed by atoms with E-state index in [1.54, 1.807) is 0 Å². The summed E-state index contributed by atoms with van der Waals surface area (Å²) in [4.78, 5) is 14.8. The lowest BCUT2D eigenvalue weighted by Crippen LogP contribution is -2.47. The second-order valence-electron chi connectivity index (χ2n) is 8.26. The van der Waals surface area contributed by atoms with E-state index in [9.17, 15) is 4.79 Å². The van der Waals surface area contributed by atoms with Crippen molar-refractivity contribution in [3.05, 3.63) is 29.8 Å². The van der Waals surface area contributed by atoms with Crippen molar-refractivity contribution in [3.8, 4) is 0 Å². The van der Waals surface area contributed by atoms with Gasteiger partial charge in [0.05, 0.1) is 6.54 Å². The first-order valence-corrected chi connectivity index (χ1v) is 10.4. The molecule has 1 aromatic carbocycles. The van der Waals surface area contributed by atoms with Gasteiger partial charge in [-0.15, -0.1) is 0 Å². The van der Waals surface area contributed by atoms with Crippen LogP contribution in [-0.4, -0.2) is 25.0 Å². The molecule has 0 bridgehead atoms. The van der Waals surface area contributed by atoms with Crippen molar-refractivity contribution in [1.29, 1.82) is 0 Å². The third kappa shape index (κ3) is 3.76. The van der Waals surface area contributed by atoms with Crippen molar-refractivity contribution in [3.63, 3.8) is 0 Å². The molecule has 1 amide bonds. The van der Waals surface area contributed by atoms with Gasteiger partial charge >= 0.3 is 0 Å².